The monoisotopic (exact) mass is 373 g/mol. The van der Waals surface area contributed by atoms with Crippen LogP contribution in [0, 0.1) is 12.7 Å². The number of hydrogen-bond acceptors (Lipinski definition) is 5. The second-order valence-electron chi connectivity index (χ2n) is 6.34. The highest BCUT2D eigenvalue weighted by Crippen LogP contribution is 2.20. The summed E-state index contributed by atoms with van der Waals surface area (Å²) in [7, 11) is 0. The Kier molecular flexibility index (Phi) is 6.05. The Morgan fingerprint density at radius 1 is 1.22 bits per heavy atom. The van der Waals surface area contributed by atoms with E-state index in [0.29, 0.717) is 44.5 Å². The Morgan fingerprint density at radius 3 is 2.67 bits per heavy atom. The fourth-order valence-corrected chi connectivity index (χ4v) is 2.86. The number of carbonyl (C=O) groups excluding carboxylic acids is 1. The van der Waals surface area contributed by atoms with Gasteiger partial charge in [0.25, 0.3) is 0 Å². The maximum atomic E-state index is 13.7. The van der Waals surface area contributed by atoms with Crippen LogP contribution in [0.25, 0.3) is 0 Å². The molecule has 1 fully saturated rings. The largest absolute Gasteiger partial charge is 0.478 e. The fraction of sp³-hybridized carbons (Fsp3) is 0.421. The van der Waals surface area contributed by atoms with E-state index in [1.165, 1.54) is 6.07 Å². The van der Waals surface area contributed by atoms with Gasteiger partial charge in [-0.15, -0.1) is 0 Å². The van der Waals surface area contributed by atoms with Gasteiger partial charge in [0.1, 0.15) is 17.5 Å². The molecule has 1 aliphatic rings. The lowest BCUT2D eigenvalue weighted by Gasteiger charge is -2.35. The highest BCUT2D eigenvalue weighted by atomic mass is 19.1. The molecule has 144 valence electrons. The van der Waals surface area contributed by atoms with E-state index in [-0.39, 0.29) is 11.7 Å². The predicted octanol–water partition coefficient (Wildman–Crippen LogP) is 3.07. The third kappa shape index (κ3) is 4.84. The molecule has 3 rings (SSSR count). The number of aromatic nitrogens is 2. The summed E-state index contributed by atoms with van der Waals surface area (Å²) < 4.78 is 19.3. The second-order valence-corrected chi connectivity index (χ2v) is 6.34. The zero-order valence-corrected chi connectivity index (χ0v) is 15.6. The van der Waals surface area contributed by atoms with Crippen LogP contribution in [0.15, 0.2) is 30.3 Å². The van der Waals surface area contributed by atoms with Crippen LogP contribution < -0.4 is 15.0 Å². The molecule has 0 unspecified atom stereocenters. The molecule has 2 amide bonds. The van der Waals surface area contributed by atoms with Gasteiger partial charge in [-0.3, -0.25) is 0 Å². The minimum Gasteiger partial charge on any atom is -0.478 e. The van der Waals surface area contributed by atoms with E-state index in [4.69, 9.17) is 4.74 Å². The van der Waals surface area contributed by atoms with E-state index < -0.39 is 5.82 Å². The van der Waals surface area contributed by atoms with Crippen molar-refractivity contribution in [2.24, 2.45) is 0 Å². The van der Waals surface area contributed by atoms with Crippen LogP contribution in [0.3, 0.4) is 0 Å². The van der Waals surface area contributed by atoms with E-state index in [1.54, 1.807) is 23.1 Å². The summed E-state index contributed by atoms with van der Waals surface area (Å²) in [6.45, 7) is 6.80. The van der Waals surface area contributed by atoms with Crippen molar-refractivity contribution in [2.45, 2.75) is 20.3 Å². The maximum Gasteiger partial charge on any atom is 0.322 e. The van der Waals surface area contributed by atoms with Crippen LogP contribution in [-0.4, -0.2) is 53.7 Å². The molecule has 2 heterocycles. The summed E-state index contributed by atoms with van der Waals surface area (Å²) in [4.78, 5) is 24.9. The first-order chi connectivity index (χ1) is 13.1. The van der Waals surface area contributed by atoms with Gasteiger partial charge in [-0.2, -0.15) is 4.98 Å². The van der Waals surface area contributed by atoms with Crippen molar-refractivity contribution in [3.05, 3.63) is 42.0 Å². The standard InChI is InChI=1S/C19H24FN5O2/c1-3-12-27-18-13-17(21-14(2)22-18)24-8-10-25(11-9-24)19(26)23-16-7-5-4-6-15(16)20/h4-7,13H,3,8-12H2,1-2H3,(H,23,26). The summed E-state index contributed by atoms with van der Waals surface area (Å²) in [5.41, 5.74) is 0.189. The Hall–Kier alpha value is -2.90. The number of urea groups is 1. The third-order valence-electron chi connectivity index (χ3n) is 4.26. The van der Waals surface area contributed by atoms with E-state index in [9.17, 15) is 9.18 Å². The summed E-state index contributed by atoms with van der Waals surface area (Å²) in [6, 6.07) is 7.68. The molecule has 1 saturated heterocycles. The van der Waals surface area contributed by atoms with Crippen molar-refractivity contribution < 1.29 is 13.9 Å². The van der Waals surface area contributed by atoms with E-state index >= 15 is 0 Å². The SMILES string of the molecule is CCCOc1cc(N2CCN(C(=O)Nc3ccccc3F)CC2)nc(C)n1. The smallest absolute Gasteiger partial charge is 0.322 e. The number of aryl methyl sites for hydroxylation is 1. The number of para-hydroxylation sites is 1. The summed E-state index contributed by atoms with van der Waals surface area (Å²) in [5.74, 6) is 1.57. The van der Waals surface area contributed by atoms with Gasteiger partial charge < -0.3 is 19.9 Å². The Bertz CT molecular complexity index is 793. The van der Waals surface area contributed by atoms with Crippen LogP contribution in [0.4, 0.5) is 20.7 Å². The zero-order valence-electron chi connectivity index (χ0n) is 15.6. The number of hydrogen-bond donors (Lipinski definition) is 1. The molecule has 1 aromatic carbocycles. The van der Waals surface area contributed by atoms with Gasteiger partial charge in [0.05, 0.1) is 12.3 Å². The molecule has 7 nitrogen and oxygen atoms in total. The van der Waals surface area contributed by atoms with Gasteiger partial charge in [0, 0.05) is 32.2 Å². The summed E-state index contributed by atoms with van der Waals surface area (Å²) >= 11 is 0. The number of piperazine rings is 1. The number of rotatable bonds is 5. The van der Waals surface area contributed by atoms with Crippen molar-refractivity contribution in [3.63, 3.8) is 0 Å². The zero-order chi connectivity index (χ0) is 19.2. The molecule has 1 aliphatic heterocycles. The molecule has 1 aromatic heterocycles. The van der Waals surface area contributed by atoms with Gasteiger partial charge in [0.15, 0.2) is 0 Å². The number of carbonyl (C=O) groups is 1. The normalized spacial score (nSPS) is 14.2. The predicted molar refractivity (Wildman–Crippen MR) is 102 cm³/mol. The van der Waals surface area contributed by atoms with Crippen molar-refractivity contribution in [2.75, 3.05) is 43.0 Å². The van der Waals surface area contributed by atoms with Crippen LogP contribution in [0.2, 0.25) is 0 Å². The molecule has 0 saturated carbocycles. The minimum absolute atomic E-state index is 0.189. The van der Waals surface area contributed by atoms with Crippen LogP contribution >= 0.6 is 0 Å². The van der Waals surface area contributed by atoms with Crippen LogP contribution in [-0.2, 0) is 0 Å². The Balaban J connectivity index is 1.59. The number of amides is 2. The van der Waals surface area contributed by atoms with Gasteiger partial charge in [0.2, 0.25) is 5.88 Å². The second kappa shape index (κ2) is 8.66. The molecule has 0 aliphatic carbocycles. The number of benzene rings is 1. The number of anilines is 2. The van der Waals surface area contributed by atoms with Crippen molar-refractivity contribution >= 4 is 17.5 Å². The molecule has 0 spiro atoms. The lowest BCUT2D eigenvalue weighted by molar-refractivity contribution is 0.208. The molecule has 8 heteroatoms. The average molecular weight is 373 g/mol. The molecule has 0 atom stereocenters. The molecule has 0 radical (unpaired) electrons. The van der Waals surface area contributed by atoms with Gasteiger partial charge >= 0.3 is 6.03 Å². The first-order valence-corrected chi connectivity index (χ1v) is 9.10. The van der Waals surface area contributed by atoms with Gasteiger partial charge in [-0.1, -0.05) is 19.1 Å². The van der Waals surface area contributed by atoms with Crippen molar-refractivity contribution in [1.82, 2.24) is 14.9 Å². The molecular formula is C19H24FN5O2. The average Bonchev–Trinajstić information content (AvgIpc) is 2.68. The highest BCUT2D eigenvalue weighted by Gasteiger charge is 2.23. The first-order valence-electron chi connectivity index (χ1n) is 9.10. The third-order valence-corrected chi connectivity index (χ3v) is 4.26. The first kappa shape index (κ1) is 18.9. The van der Waals surface area contributed by atoms with E-state index in [2.05, 4.69) is 20.2 Å². The van der Waals surface area contributed by atoms with Gasteiger partial charge in [-0.05, 0) is 25.5 Å². The van der Waals surface area contributed by atoms with Crippen LogP contribution in [0.1, 0.15) is 19.2 Å². The molecule has 1 N–H and O–H groups in total. The lowest BCUT2D eigenvalue weighted by Crippen LogP contribution is -2.50. The topological polar surface area (TPSA) is 70.6 Å². The number of ether oxygens (including phenoxy) is 1. The van der Waals surface area contributed by atoms with Crippen LogP contribution in [0.5, 0.6) is 5.88 Å². The van der Waals surface area contributed by atoms with E-state index in [1.807, 2.05) is 19.9 Å². The maximum absolute atomic E-state index is 13.7. The summed E-state index contributed by atoms with van der Waals surface area (Å²) in [6.07, 6.45) is 0.911. The minimum atomic E-state index is -0.444. The Labute approximate surface area is 158 Å². The number of nitrogens with zero attached hydrogens (tertiary/aromatic N) is 4. The summed E-state index contributed by atoms with van der Waals surface area (Å²) in [5, 5.41) is 2.62. The number of halogens is 1. The quantitative estimate of drug-likeness (QED) is 0.872. The molecule has 0 bridgehead atoms. The molecule has 2 aromatic rings. The lowest BCUT2D eigenvalue weighted by atomic mass is 10.3. The van der Waals surface area contributed by atoms with Crippen molar-refractivity contribution in [3.8, 4) is 5.88 Å². The molecule has 27 heavy (non-hydrogen) atoms. The van der Waals surface area contributed by atoms with E-state index in [0.717, 1.165) is 12.2 Å². The fourth-order valence-electron chi connectivity index (χ4n) is 2.86. The number of nitrogens with one attached hydrogen (secondary N) is 1. The van der Waals surface area contributed by atoms with Gasteiger partial charge in [-0.25, -0.2) is 14.2 Å². The Morgan fingerprint density at radius 2 is 1.96 bits per heavy atom. The highest BCUT2D eigenvalue weighted by molar-refractivity contribution is 5.89. The molecular weight excluding hydrogens is 349 g/mol. The van der Waals surface area contributed by atoms with Crippen molar-refractivity contribution in [1.29, 1.82) is 0 Å².